The van der Waals surface area contributed by atoms with Crippen molar-refractivity contribution in [3.63, 3.8) is 0 Å². The smallest absolute Gasteiger partial charge is 0.179 e. The number of hydrogen-bond donors (Lipinski definition) is 1. The minimum Gasteiger partial charge on any atom is -0.489 e. The molecule has 1 aliphatic rings. The molecule has 4 heteroatoms. The van der Waals surface area contributed by atoms with Gasteiger partial charge in [0.1, 0.15) is 0 Å². The molecule has 1 heterocycles. The third-order valence-corrected chi connectivity index (χ3v) is 3.20. The highest BCUT2D eigenvalue weighted by molar-refractivity contribution is 6.32. The Morgan fingerprint density at radius 1 is 1.32 bits per heavy atom. The van der Waals surface area contributed by atoms with Crippen LogP contribution in [0.4, 0.5) is 0 Å². The number of hydrogen-bond acceptors (Lipinski definition) is 3. The topological polar surface area (TPSA) is 30.5 Å². The van der Waals surface area contributed by atoms with Gasteiger partial charge in [0.05, 0.1) is 18.2 Å². The van der Waals surface area contributed by atoms with E-state index in [9.17, 15) is 0 Å². The molecule has 0 unspecified atom stereocenters. The Labute approximate surface area is 119 Å². The Bertz CT molecular complexity index is 446. The lowest BCUT2D eigenvalue weighted by molar-refractivity contribution is 0.297. The van der Waals surface area contributed by atoms with Gasteiger partial charge in [-0.25, -0.2) is 0 Å². The summed E-state index contributed by atoms with van der Waals surface area (Å²) in [7, 11) is 0. The number of benzene rings is 1. The fourth-order valence-electron chi connectivity index (χ4n) is 1.97. The van der Waals surface area contributed by atoms with Crippen LogP contribution in [0.2, 0.25) is 5.02 Å². The summed E-state index contributed by atoms with van der Waals surface area (Å²) in [6.07, 6.45) is 6.14. The molecule has 0 aliphatic carbocycles. The lowest BCUT2D eigenvalue weighted by atomic mass is 10.2. The molecule has 1 N–H and O–H groups in total. The molecule has 0 bridgehead atoms. The van der Waals surface area contributed by atoms with Crippen molar-refractivity contribution in [2.45, 2.75) is 26.3 Å². The van der Waals surface area contributed by atoms with Crippen LogP contribution in [-0.4, -0.2) is 19.8 Å². The number of ether oxygens (including phenoxy) is 2. The highest BCUT2D eigenvalue weighted by Gasteiger charge is 2.15. The van der Waals surface area contributed by atoms with Crippen LogP contribution in [-0.2, 0) is 6.54 Å². The van der Waals surface area contributed by atoms with Gasteiger partial charge in [0.25, 0.3) is 0 Å². The fraction of sp³-hybridized carbons (Fsp3) is 0.467. The van der Waals surface area contributed by atoms with E-state index in [-0.39, 0.29) is 0 Å². The van der Waals surface area contributed by atoms with Crippen molar-refractivity contribution in [2.75, 3.05) is 19.8 Å². The number of fused-ring (bicyclic) bond motifs is 1. The summed E-state index contributed by atoms with van der Waals surface area (Å²) < 4.78 is 11.3. The minimum atomic E-state index is 0.629. The molecule has 19 heavy (non-hydrogen) atoms. The van der Waals surface area contributed by atoms with E-state index in [1.165, 1.54) is 0 Å². The van der Waals surface area contributed by atoms with Crippen LogP contribution < -0.4 is 14.8 Å². The summed E-state index contributed by atoms with van der Waals surface area (Å²) in [6.45, 7) is 5.11. The van der Waals surface area contributed by atoms with E-state index in [4.69, 9.17) is 21.1 Å². The van der Waals surface area contributed by atoms with Crippen LogP contribution in [0.1, 0.15) is 25.3 Å². The first-order chi connectivity index (χ1) is 9.31. The zero-order valence-electron chi connectivity index (χ0n) is 11.2. The number of halogens is 1. The monoisotopic (exact) mass is 281 g/mol. The van der Waals surface area contributed by atoms with Gasteiger partial charge in [-0.3, -0.25) is 0 Å². The Balaban J connectivity index is 1.98. The van der Waals surface area contributed by atoms with E-state index in [0.717, 1.165) is 37.2 Å². The van der Waals surface area contributed by atoms with Gasteiger partial charge in [-0.05, 0) is 37.6 Å². The maximum Gasteiger partial charge on any atom is 0.179 e. The third-order valence-electron chi connectivity index (χ3n) is 2.91. The SMILES string of the molecule is C/C=C/CCNCc1cc(Cl)c2c(c1)OCCCO2. The second kappa shape index (κ2) is 7.41. The van der Waals surface area contributed by atoms with Crippen molar-refractivity contribution in [3.05, 3.63) is 34.9 Å². The second-order valence-corrected chi connectivity index (χ2v) is 4.90. The van der Waals surface area contributed by atoms with Gasteiger partial charge in [0.2, 0.25) is 0 Å². The summed E-state index contributed by atoms with van der Waals surface area (Å²) in [5, 5.41) is 4.01. The molecule has 1 aromatic rings. The lowest BCUT2D eigenvalue weighted by Crippen LogP contribution is -2.14. The minimum absolute atomic E-state index is 0.629. The molecule has 0 amide bonds. The molecule has 1 aromatic carbocycles. The molecule has 0 saturated carbocycles. The Hall–Kier alpha value is -1.19. The van der Waals surface area contributed by atoms with Crippen molar-refractivity contribution >= 4 is 11.6 Å². The molecule has 2 rings (SSSR count). The van der Waals surface area contributed by atoms with Crippen LogP contribution in [0, 0.1) is 0 Å². The Kier molecular flexibility index (Phi) is 5.55. The highest BCUT2D eigenvalue weighted by atomic mass is 35.5. The maximum absolute atomic E-state index is 6.24. The van der Waals surface area contributed by atoms with Crippen LogP contribution in [0.15, 0.2) is 24.3 Å². The molecule has 104 valence electrons. The molecule has 0 spiro atoms. The van der Waals surface area contributed by atoms with Gasteiger partial charge in [-0.2, -0.15) is 0 Å². The lowest BCUT2D eigenvalue weighted by Gasteiger charge is -2.12. The van der Waals surface area contributed by atoms with Gasteiger partial charge in [-0.15, -0.1) is 0 Å². The van der Waals surface area contributed by atoms with Gasteiger partial charge in [0.15, 0.2) is 11.5 Å². The van der Waals surface area contributed by atoms with Gasteiger partial charge in [0, 0.05) is 13.0 Å². The van der Waals surface area contributed by atoms with Crippen LogP contribution in [0.3, 0.4) is 0 Å². The maximum atomic E-state index is 6.24. The van der Waals surface area contributed by atoms with Crippen molar-refractivity contribution in [1.29, 1.82) is 0 Å². The molecule has 0 saturated heterocycles. The molecule has 0 atom stereocenters. The number of nitrogens with one attached hydrogen (secondary N) is 1. The summed E-state index contributed by atoms with van der Waals surface area (Å²) in [4.78, 5) is 0. The first-order valence-corrected chi connectivity index (χ1v) is 7.09. The van der Waals surface area contributed by atoms with Crippen molar-refractivity contribution < 1.29 is 9.47 Å². The first kappa shape index (κ1) is 14.2. The van der Waals surface area contributed by atoms with E-state index in [1.54, 1.807) is 0 Å². The molecule has 0 radical (unpaired) electrons. The first-order valence-electron chi connectivity index (χ1n) is 6.71. The summed E-state index contributed by atoms with van der Waals surface area (Å²) in [5.74, 6) is 1.44. The number of rotatable bonds is 5. The fourth-order valence-corrected chi connectivity index (χ4v) is 2.26. The normalized spacial score (nSPS) is 14.6. The average Bonchev–Trinajstić information content (AvgIpc) is 2.64. The molecule has 0 aromatic heterocycles. The van der Waals surface area contributed by atoms with Crippen molar-refractivity contribution in [2.24, 2.45) is 0 Å². The van der Waals surface area contributed by atoms with E-state index in [0.29, 0.717) is 24.0 Å². The molecule has 3 nitrogen and oxygen atoms in total. The quantitative estimate of drug-likeness (QED) is 0.661. The van der Waals surface area contributed by atoms with Crippen LogP contribution >= 0.6 is 11.6 Å². The Morgan fingerprint density at radius 2 is 2.16 bits per heavy atom. The molecular weight excluding hydrogens is 262 g/mol. The standard InChI is InChI=1S/C15H20ClNO2/c1-2-3-4-6-17-11-12-9-13(16)15-14(10-12)18-7-5-8-19-15/h2-3,9-10,17H,4-8,11H2,1H3/b3-2+. The zero-order valence-corrected chi connectivity index (χ0v) is 12.0. The second-order valence-electron chi connectivity index (χ2n) is 4.49. The summed E-state index contributed by atoms with van der Waals surface area (Å²) >= 11 is 6.24. The molecular formula is C15H20ClNO2. The predicted molar refractivity (Wildman–Crippen MR) is 78.2 cm³/mol. The number of allylic oxidation sites excluding steroid dienone is 1. The summed E-state index contributed by atoms with van der Waals surface area (Å²) in [6, 6.07) is 3.95. The van der Waals surface area contributed by atoms with Crippen molar-refractivity contribution in [3.8, 4) is 11.5 Å². The van der Waals surface area contributed by atoms with Gasteiger partial charge >= 0.3 is 0 Å². The van der Waals surface area contributed by atoms with Crippen LogP contribution in [0.25, 0.3) is 0 Å². The molecule has 0 fully saturated rings. The van der Waals surface area contributed by atoms with E-state index >= 15 is 0 Å². The zero-order chi connectivity index (χ0) is 13.5. The van der Waals surface area contributed by atoms with Gasteiger partial charge < -0.3 is 14.8 Å². The average molecular weight is 282 g/mol. The largest absolute Gasteiger partial charge is 0.489 e. The van der Waals surface area contributed by atoms with Crippen LogP contribution in [0.5, 0.6) is 11.5 Å². The van der Waals surface area contributed by atoms with E-state index in [2.05, 4.69) is 17.5 Å². The van der Waals surface area contributed by atoms with Gasteiger partial charge in [-0.1, -0.05) is 23.8 Å². The highest BCUT2D eigenvalue weighted by Crippen LogP contribution is 2.37. The third kappa shape index (κ3) is 4.15. The molecule has 1 aliphatic heterocycles. The van der Waals surface area contributed by atoms with E-state index < -0.39 is 0 Å². The van der Waals surface area contributed by atoms with Crippen molar-refractivity contribution in [1.82, 2.24) is 5.32 Å². The summed E-state index contributed by atoms with van der Waals surface area (Å²) in [5.41, 5.74) is 1.12. The Morgan fingerprint density at radius 3 is 3.00 bits per heavy atom. The predicted octanol–water partition coefficient (Wildman–Crippen LogP) is 3.56. The van der Waals surface area contributed by atoms with E-state index in [1.807, 2.05) is 19.1 Å².